The fraction of sp³-hybridized carbons (Fsp3) is 0.667. The molecule has 0 bridgehead atoms. The summed E-state index contributed by atoms with van der Waals surface area (Å²) in [5, 5.41) is 0. The van der Waals surface area contributed by atoms with Crippen molar-refractivity contribution in [3.05, 3.63) is 21.4 Å². The quantitative estimate of drug-likeness (QED) is 0.642. The Morgan fingerprint density at radius 3 is 2.94 bits per heavy atom. The van der Waals surface area contributed by atoms with Crippen LogP contribution in [0, 0.1) is 5.92 Å². The Bertz CT molecular complexity index is 323. The molecule has 0 spiro atoms. The third kappa shape index (κ3) is 2.80. The number of hydrogen-bond donors (Lipinski definition) is 2. The molecular weight excluding hydrogens is 236 g/mol. The largest absolute Gasteiger partial charge is 0.271 e. The van der Waals surface area contributed by atoms with Gasteiger partial charge < -0.3 is 0 Å². The van der Waals surface area contributed by atoms with Gasteiger partial charge in [0, 0.05) is 15.5 Å². The predicted molar refractivity (Wildman–Crippen MR) is 73.7 cm³/mol. The third-order valence-corrected chi connectivity index (χ3v) is 5.26. The number of thioether (sulfide) groups is 1. The summed E-state index contributed by atoms with van der Waals surface area (Å²) in [7, 11) is 0. The van der Waals surface area contributed by atoms with E-state index in [-0.39, 0.29) is 0 Å². The van der Waals surface area contributed by atoms with Gasteiger partial charge in [0.1, 0.15) is 0 Å². The van der Waals surface area contributed by atoms with Gasteiger partial charge in [0.2, 0.25) is 0 Å². The summed E-state index contributed by atoms with van der Waals surface area (Å²) in [5.41, 5.74) is 4.50. The molecule has 16 heavy (non-hydrogen) atoms. The van der Waals surface area contributed by atoms with Gasteiger partial charge in [-0.1, -0.05) is 13.8 Å². The molecule has 0 saturated heterocycles. The Balaban J connectivity index is 2.15. The molecule has 0 fully saturated rings. The average Bonchev–Trinajstić information content (AvgIpc) is 2.68. The summed E-state index contributed by atoms with van der Waals surface area (Å²) in [6.07, 6.45) is 2.35. The van der Waals surface area contributed by atoms with Crippen molar-refractivity contribution in [1.82, 2.24) is 5.43 Å². The van der Waals surface area contributed by atoms with E-state index in [9.17, 15) is 0 Å². The summed E-state index contributed by atoms with van der Waals surface area (Å²) in [4.78, 5) is 3.00. The van der Waals surface area contributed by atoms with Crippen molar-refractivity contribution in [2.24, 2.45) is 11.8 Å². The zero-order valence-electron chi connectivity index (χ0n) is 9.95. The lowest BCUT2D eigenvalue weighted by Crippen LogP contribution is -2.28. The standard InChI is InChI=1S/C12H20N2S2/c1-8(2)5-10(14-13)12-6-9-7-15-4-3-11(9)16-12/h6,8,10,14H,3-5,7,13H2,1-2H3. The van der Waals surface area contributed by atoms with E-state index in [1.54, 1.807) is 10.4 Å². The fourth-order valence-electron chi connectivity index (χ4n) is 2.08. The molecule has 2 nitrogen and oxygen atoms in total. The SMILES string of the molecule is CC(C)CC(NN)c1cc2c(s1)CCSC2. The number of nitrogens with two attached hydrogens (primary N) is 1. The number of hydrogen-bond acceptors (Lipinski definition) is 4. The number of thiophene rings is 1. The minimum atomic E-state index is 0.334. The highest BCUT2D eigenvalue weighted by molar-refractivity contribution is 7.98. The van der Waals surface area contributed by atoms with E-state index >= 15 is 0 Å². The summed E-state index contributed by atoms with van der Waals surface area (Å²) in [5.74, 6) is 8.80. The average molecular weight is 256 g/mol. The predicted octanol–water partition coefficient (Wildman–Crippen LogP) is 3.09. The maximum atomic E-state index is 5.66. The number of aryl methyl sites for hydroxylation is 1. The summed E-state index contributed by atoms with van der Waals surface area (Å²) < 4.78 is 0. The third-order valence-electron chi connectivity index (χ3n) is 2.90. The van der Waals surface area contributed by atoms with Crippen LogP contribution in [0.2, 0.25) is 0 Å². The fourth-order valence-corrected chi connectivity index (χ4v) is 4.53. The van der Waals surface area contributed by atoms with Gasteiger partial charge in [-0.3, -0.25) is 11.3 Å². The van der Waals surface area contributed by atoms with Gasteiger partial charge in [-0.25, -0.2) is 0 Å². The Morgan fingerprint density at radius 2 is 2.31 bits per heavy atom. The van der Waals surface area contributed by atoms with Crippen molar-refractivity contribution in [1.29, 1.82) is 0 Å². The van der Waals surface area contributed by atoms with Crippen LogP contribution in [-0.2, 0) is 12.2 Å². The first kappa shape index (κ1) is 12.4. The highest BCUT2D eigenvalue weighted by Crippen LogP contribution is 2.35. The van der Waals surface area contributed by atoms with Crippen molar-refractivity contribution >= 4 is 23.1 Å². The minimum Gasteiger partial charge on any atom is -0.271 e. The van der Waals surface area contributed by atoms with Crippen LogP contribution in [0.3, 0.4) is 0 Å². The van der Waals surface area contributed by atoms with Crippen molar-refractivity contribution in [3.63, 3.8) is 0 Å². The molecule has 1 aromatic heterocycles. The first-order valence-corrected chi connectivity index (χ1v) is 7.83. The molecule has 1 aliphatic rings. The van der Waals surface area contributed by atoms with Crippen LogP contribution in [0.5, 0.6) is 0 Å². The highest BCUT2D eigenvalue weighted by atomic mass is 32.2. The monoisotopic (exact) mass is 256 g/mol. The summed E-state index contributed by atoms with van der Waals surface area (Å²) in [6, 6.07) is 2.69. The van der Waals surface area contributed by atoms with E-state index in [1.807, 2.05) is 23.1 Å². The lowest BCUT2D eigenvalue weighted by molar-refractivity contribution is 0.443. The number of rotatable bonds is 4. The topological polar surface area (TPSA) is 38.0 Å². The Morgan fingerprint density at radius 1 is 1.50 bits per heavy atom. The molecule has 2 rings (SSSR count). The van der Waals surface area contributed by atoms with Crippen LogP contribution >= 0.6 is 23.1 Å². The smallest absolute Gasteiger partial charge is 0.0555 e. The molecule has 1 atom stereocenters. The molecule has 0 radical (unpaired) electrons. The molecule has 0 amide bonds. The van der Waals surface area contributed by atoms with Crippen LogP contribution in [0.1, 0.15) is 41.6 Å². The minimum absolute atomic E-state index is 0.334. The van der Waals surface area contributed by atoms with Crippen LogP contribution in [0.25, 0.3) is 0 Å². The zero-order valence-corrected chi connectivity index (χ0v) is 11.6. The van der Waals surface area contributed by atoms with Gasteiger partial charge in [-0.05, 0) is 36.1 Å². The van der Waals surface area contributed by atoms with Gasteiger partial charge >= 0.3 is 0 Å². The molecule has 90 valence electrons. The molecule has 4 heteroatoms. The zero-order chi connectivity index (χ0) is 11.5. The molecule has 0 saturated carbocycles. The van der Waals surface area contributed by atoms with Crippen LogP contribution in [-0.4, -0.2) is 5.75 Å². The maximum absolute atomic E-state index is 5.66. The highest BCUT2D eigenvalue weighted by Gasteiger charge is 2.19. The molecule has 1 unspecified atom stereocenters. The van der Waals surface area contributed by atoms with E-state index in [4.69, 9.17) is 5.84 Å². The molecule has 2 heterocycles. The summed E-state index contributed by atoms with van der Waals surface area (Å²) >= 11 is 3.99. The van der Waals surface area contributed by atoms with E-state index in [0.29, 0.717) is 12.0 Å². The first-order valence-electron chi connectivity index (χ1n) is 5.86. The van der Waals surface area contributed by atoms with Crippen LogP contribution < -0.4 is 11.3 Å². The lowest BCUT2D eigenvalue weighted by Gasteiger charge is -2.16. The lowest BCUT2D eigenvalue weighted by atomic mass is 10.0. The maximum Gasteiger partial charge on any atom is 0.0555 e. The summed E-state index contributed by atoms with van der Waals surface area (Å²) in [6.45, 7) is 4.49. The van der Waals surface area contributed by atoms with Gasteiger partial charge in [0.25, 0.3) is 0 Å². The first-order chi connectivity index (χ1) is 7.70. The van der Waals surface area contributed by atoms with Gasteiger partial charge in [-0.15, -0.1) is 11.3 Å². The number of fused-ring (bicyclic) bond motifs is 1. The van der Waals surface area contributed by atoms with Crippen molar-refractivity contribution in [3.8, 4) is 0 Å². The van der Waals surface area contributed by atoms with E-state index < -0.39 is 0 Å². The van der Waals surface area contributed by atoms with E-state index in [2.05, 4.69) is 25.3 Å². The molecule has 3 N–H and O–H groups in total. The van der Waals surface area contributed by atoms with Crippen LogP contribution in [0.15, 0.2) is 6.07 Å². The molecule has 1 aliphatic heterocycles. The van der Waals surface area contributed by atoms with Crippen molar-refractivity contribution in [2.45, 2.75) is 38.5 Å². The van der Waals surface area contributed by atoms with Gasteiger partial charge in [-0.2, -0.15) is 11.8 Å². The van der Waals surface area contributed by atoms with Crippen molar-refractivity contribution in [2.75, 3.05) is 5.75 Å². The normalized spacial score (nSPS) is 17.5. The van der Waals surface area contributed by atoms with Crippen molar-refractivity contribution < 1.29 is 0 Å². The second kappa shape index (κ2) is 5.54. The molecule has 1 aromatic rings. The Kier molecular flexibility index (Phi) is 4.30. The Labute approximate surface area is 106 Å². The number of nitrogens with one attached hydrogen (secondary N) is 1. The second-order valence-corrected chi connectivity index (χ2v) is 7.02. The molecule has 0 aromatic carbocycles. The van der Waals surface area contributed by atoms with Gasteiger partial charge in [0.15, 0.2) is 0 Å². The Hall–Kier alpha value is -0.0300. The van der Waals surface area contributed by atoms with E-state index in [1.165, 1.54) is 22.8 Å². The molecule has 0 aliphatic carbocycles. The van der Waals surface area contributed by atoms with Gasteiger partial charge in [0.05, 0.1) is 6.04 Å². The number of hydrazine groups is 1. The molecular formula is C12H20N2S2. The van der Waals surface area contributed by atoms with Crippen LogP contribution in [0.4, 0.5) is 0 Å². The second-order valence-electron chi connectivity index (χ2n) is 4.75. The van der Waals surface area contributed by atoms with E-state index in [0.717, 1.165) is 6.42 Å².